The maximum absolute atomic E-state index is 12.7. The van der Waals surface area contributed by atoms with Crippen molar-refractivity contribution in [3.8, 4) is 0 Å². The molecule has 32 heavy (non-hydrogen) atoms. The molecule has 0 unspecified atom stereocenters. The molecule has 0 aromatic heterocycles. The zero-order valence-electron chi connectivity index (χ0n) is 18.3. The van der Waals surface area contributed by atoms with E-state index >= 15 is 0 Å². The van der Waals surface area contributed by atoms with E-state index in [2.05, 4.69) is 10.0 Å². The van der Waals surface area contributed by atoms with Crippen LogP contribution < -0.4 is 10.0 Å². The molecule has 0 atom stereocenters. The zero-order chi connectivity index (χ0) is 23.0. The molecule has 0 spiro atoms. The summed E-state index contributed by atoms with van der Waals surface area (Å²) >= 11 is 0. The Bertz CT molecular complexity index is 1140. The zero-order valence-corrected chi connectivity index (χ0v) is 19.1. The minimum Gasteiger partial charge on any atom is -0.377 e. The standard InChI is InChI=1S/C25H28N2O4S/c1-19-9-10-20(2)24(17-19)32(29,30)27-23-13-11-22(12-14-23)25(28)26-15-6-16-31-18-21-7-4-3-5-8-21/h3-5,7-14,17,27H,6,15-16,18H2,1-2H3,(H,26,28). The summed E-state index contributed by atoms with van der Waals surface area (Å²) in [5.74, 6) is -0.211. The second-order valence-corrected chi connectivity index (χ2v) is 9.25. The summed E-state index contributed by atoms with van der Waals surface area (Å²) in [6.45, 7) is 5.20. The summed E-state index contributed by atoms with van der Waals surface area (Å²) in [6.07, 6.45) is 0.701. The number of hydrogen-bond acceptors (Lipinski definition) is 4. The van der Waals surface area contributed by atoms with Crippen molar-refractivity contribution >= 4 is 21.6 Å². The largest absolute Gasteiger partial charge is 0.377 e. The molecule has 7 heteroatoms. The third kappa shape index (κ3) is 6.67. The second-order valence-electron chi connectivity index (χ2n) is 7.60. The fourth-order valence-corrected chi connectivity index (χ4v) is 4.53. The predicted molar refractivity (Wildman–Crippen MR) is 126 cm³/mol. The van der Waals surface area contributed by atoms with Gasteiger partial charge in [0.25, 0.3) is 15.9 Å². The van der Waals surface area contributed by atoms with Gasteiger partial charge >= 0.3 is 0 Å². The molecule has 6 nitrogen and oxygen atoms in total. The summed E-state index contributed by atoms with van der Waals surface area (Å²) in [5.41, 5.74) is 3.52. The number of carbonyl (C=O) groups is 1. The van der Waals surface area contributed by atoms with Gasteiger partial charge in [-0.1, -0.05) is 42.5 Å². The van der Waals surface area contributed by atoms with Crippen LogP contribution in [0.25, 0.3) is 0 Å². The number of rotatable bonds is 10. The molecule has 0 heterocycles. The molecule has 0 radical (unpaired) electrons. The molecule has 168 valence electrons. The quantitative estimate of drug-likeness (QED) is 0.446. The second kappa shape index (κ2) is 10.9. The van der Waals surface area contributed by atoms with Gasteiger partial charge in [0, 0.05) is 24.4 Å². The third-order valence-corrected chi connectivity index (χ3v) is 6.42. The van der Waals surface area contributed by atoms with Gasteiger partial charge in [0.15, 0.2) is 0 Å². The van der Waals surface area contributed by atoms with Crippen molar-refractivity contribution in [2.75, 3.05) is 17.9 Å². The van der Waals surface area contributed by atoms with Crippen LogP contribution in [0.5, 0.6) is 0 Å². The Morgan fingerprint density at radius 3 is 2.38 bits per heavy atom. The van der Waals surface area contributed by atoms with E-state index in [9.17, 15) is 13.2 Å². The van der Waals surface area contributed by atoms with Gasteiger partial charge in [-0.2, -0.15) is 0 Å². The van der Waals surface area contributed by atoms with Gasteiger partial charge in [-0.15, -0.1) is 0 Å². The van der Waals surface area contributed by atoms with Crippen LogP contribution in [0.1, 0.15) is 33.5 Å². The van der Waals surface area contributed by atoms with E-state index in [0.29, 0.717) is 43.0 Å². The summed E-state index contributed by atoms with van der Waals surface area (Å²) in [4.78, 5) is 12.6. The van der Waals surface area contributed by atoms with Gasteiger partial charge in [-0.3, -0.25) is 9.52 Å². The molecular formula is C25H28N2O4S. The molecule has 0 bridgehead atoms. The highest BCUT2D eigenvalue weighted by molar-refractivity contribution is 7.92. The van der Waals surface area contributed by atoms with E-state index in [1.165, 1.54) is 0 Å². The Labute approximate surface area is 189 Å². The number of nitrogens with one attached hydrogen (secondary N) is 2. The fourth-order valence-electron chi connectivity index (χ4n) is 3.14. The number of sulfonamides is 1. The average molecular weight is 453 g/mol. The van der Waals surface area contributed by atoms with E-state index in [-0.39, 0.29) is 10.8 Å². The molecule has 2 N–H and O–H groups in total. The number of benzene rings is 3. The van der Waals surface area contributed by atoms with Crippen LogP contribution in [-0.4, -0.2) is 27.5 Å². The molecule has 3 rings (SSSR count). The summed E-state index contributed by atoms with van der Waals surface area (Å²) in [6, 6.07) is 21.6. The smallest absolute Gasteiger partial charge is 0.262 e. The number of carbonyl (C=O) groups excluding carboxylic acids is 1. The summed E-state index contributed by atoms with van der Waals surface area (Å²) < 4.78 is 33.6. The van der Waals surface area contributed by atoms with Crippen LogP contribution >= 0.6 is 0 Å². The molecule has 1 amide bonds. The maximum Gasteiger partial charge on any atom is 0.262 e. The van der Waals surface area contributed by atoms with Crippen LogP contribution in [0.3, 0.4) is 0 Å². The lowest BCUT2D eigenvalue weighted by molar-refractivity contribution is 0.0934. The molecular weight excluding hydrogens is 424 g/mol. The fraction of sp³-hybridized carbons (Fsp3) is 0.240. The summed E-state index contributed by atoms with van der Waals surface area (Å²) in [5, 5.41) is 2.85. The lowest BCUT2D eigenvalue weighted by Gasteiger charge is -2.12. The van der Waals surface area contributed by atoms with Crippen LogP contribution in [-0.2, 0) is 21.4 Å². The molecule has 3 aromatic carbocycles. The van der Waals surface area contributed by atoms with Gasteiger partial charge in [-0.05, 0) is 67.3 Å². The Hall–Kier alpha value is -3.16. The van der Waals surface area contributed by atoms with E-state index in [1.54, 1.807) is 43.3 Å². The highest BCUT2D eigenvalue weighted by Gasteiger charge is 2.17. The number of ether oxygens (including phenoxy) is 1. The third-order valence-electron chi connectivity index (χ3n) is 4.90. The highest BCUT2D eigenvalue weighted by Crippen LogP contribution is 2.21. The molecule has 0 saturated heterocycles. The predicted octanol–water partition coefficient (Wildman–Crippen LogP) is 4.44. The van der Waals surface area contributed by atoms with Gasteiger partial charge in [-0.25, -0.2) is 8.42 Å². The van der Waals surface area contributed by atoms with E-state index in [1.807, 2.05) is 43.3 Å². The lowest BCUT2D eigenvalue weighted by atomic mass is 10.2. The maximum atomic E-state index is 12.7. The van der Waals surface area contributed by atoms with Crippen LogP contribution in [0, 0.1) is 13.8 Å². The van der Waals surface area contributed by atoms with Gasteiger partial charge in [0.1, 0.15) is 0 Å². The van der Waals surface area contributed by atoms with Crippen molar-refractivity contribution in [1.29, 1.82) is 0 Å². The van der Waals surface area contributed by atoms with Crippen molar-refractivity contribution in [1.82, 2.24) is 5.32 Å². The Kier molecular flexibility index (Phi) is 8.03. The minimum atomic E-state index is -3.71. The SMILES string of the molecule is Cc1ccc(C)c(S(=O)(=O)Nc2ccc(C(=O)NCCCOCc3ccccc3)cc2)c1. The molecule has 0 aliphatic rings. The molecule has 0 aliphatic heterocycles. The van der Waals surface area contributed by atoms with Crippen molar-refractivity contribution < 1.29 is 17.9 Å². The number of amides is 1. The average Bonchev–Trinajstić information content (AvgIpc) is 2.78. The highest BCUT2D eigenvalue weighted by atomic mass is 32.2. The molecule has 0 aliphatic carbocycles. The number of hydrogen-bond donors (Lipinski definition) is 2. The van der Waals surface area contributed by atoms with Gasteiger partial charge in [0.2, 0.25) is 0 Å². The van der Waals surface area contributed by atoms with E-state index < -0.39 is 10.0 Å². The first-order chi connectivity index (χ1) is 15.3. The van der Waals surface area contributed by atoms with Crippen molar-refractivity contribution in [3.05, 3.63) is 95.1 Å². The first-order valence-corrected chi connectivity index (χ1v) is 11.9. The summed E-state index contributed by atoms with van der Waals surface area (Å²) in [7, 11) is -3.71. The van der Waals surface area contributed by atoms with Crippen molar-refractivity contribution in [2.24, 2.45) is 0 Å². The first-order valence-electron chi connectivity index (χ1n) is 10.5. The van der Waals surface area contributed by atoms with Crippen LogP contribution in [0.2, 0.25) is 0 Å². The topological polar surface area (TPSA) is 84.5 Å². The monoisotopic (exact) mass is 452 g/mol. The Balaban J connectivity index is 1.46. The van der Waals surface area contributed by atoms with Gasteiger partial charge in [0.05, 0.1) is 11.5 Å². The Morgan fingerprint density at radius 1 is 0.938 bits per heavy atom. The van der Waals surface area contributed by atoms with Crippen LogP contribution in [0.4, 0.5) is 5.69 Å². The number of anilines is 1. The first kappa shape index (κ1) is 23.5. The van der Waals surface area contributed by atoms with Crippen molar-refractivity contribution in [2.45, 2.75) is 31.8 Å². The van der Waals surface area contributed by atoms with E-state index in [4.69, 9.17) is 4.74 Å². The van der Waals surface area contributed by atoms with Gasteiger partial charge < -0.3 is 10.1 Å². The minimum absolute atomic E-state index is 0.211. The molecule has 0 saturated carbocycles. The normalized spacial score (nSPS) is 11.2. The van der Waals surface area contributed by atoms with Crippen molar-refractivity contribution in [3.63, 3.8) is 0 Å². The molecule has 3 aromatic rings. The number of aryl methyl sites for hydroxylation is 2. The van der Waals surface area contributed by atoms with E-state index in [0.717, 1.165) is 11.1 Å². The van der Waals surface area contributed by atoms with Crippen LogP contribution in [0.15, 0.2) is 77.7 Å². The Morgan fingerprint density at radius 2 is 1.66 bits per heavy atom. The lowest BCUT2D eigenvalue weighted by Crippen LogP contribution is -2.25. The molecule has 0 fully saturated rings.